The van der Waals surface area contributed by atoms with Crippen LogP contribution in [0.25, 0.3) is 0 Å². The van der Waals surface area contributed by atoms with E-state index in [1.807, 2.05) is 0 Å². The third-order valence-corrected chi connectivity index (χ3v) is 4.23. The van der Waals surface area contributed by atoms with Crippen molar-refractivity contribution in [1.82, 2.24) is 0 Å². The summed E-state index contributed by atoms with van der Waals surface area (Å²) in [6, 6.07) is 17.7. The largest absolute Gasteiger partial charge is 0.361 e. The number of likely N-dealkylation sites (N-methyl/N-ethyl adjacent to an activating group) is 1. The molecule has 1 aliphatic rings. The summed E-state index contributed by atoms with van der Waals surface area (Å²) >= 11 is 0. The van der Waals surface area contributed by atoms with E-state index in [9.17, 15) is 0 Å². The van der Waals surface area contributed by atoms with E-state index in [-0.39, 0.29) is 0 Å². The van der Waals surface area contributed by atoms with Gasteiger partial charge in [-0.05, 0) is 29.2 Å². The lowest BCUT2D eigenvalue weighted by Gasteiger charge is -2.30. The van der Waals surface area contributed by atoms with E-state index >= 15 is 0 Å². The Morgan fingerprint density at radius 1 is 0.857 bits per heavy atom. The molecule has 0 N–H and O–H groups in total. The summed E-state index contributed by atoms with van der Waals surface area (Å²) in [5.74, 6) is 0. The maximum atomic E-state index is 2.55. The van der Waals surface area contributed by atoms with Crippen LogP contribution in [0.5, 0.6) is 0 Å². The van der Waals surface area contributed by atoms with Crippen molar-refractivity contribution in [3.8, 4) is 0 Å². The molecule has 0 unspecified atom stereocenters. The van der Waals surface area contributed by atoms with Crippen LogP contribution in [-0.4, -0.2) is 38.7 Å². The minimum absolute atomic E-state index is 1.00. The Morgan fingerprint density at radius 2 is 1.48 bits per heavy atom. The second kappa shape index (κ2) is 5.53. The van der Waals surface area contributed by atoms with E-state index in [0.717, 1.165) is 30.5 Å². The highest BCUT2D eigenvalue weighted by atomic mass is 15.3. The Kier molecular flexibility index (Phi) is 3.73. The first kappa shape index (κ1) is 14.2. The molecule has 0 aliphatic carbocycles. The zero-order valence-corrected chi connectivity index (χ0v) is 13.3. The smallest absolute Gasteiger partial charge is 0.0958 e. The Labute approximate surface area is 128 Å². The number of benzene rings is 2. The summed E-state index contributed by atoms with van der Waals surface area (Å²) in [6.07, 6.45) is 1.05. The molecule has 0 amide bonds. The van der Waals surface area contributed by atoms with Crippen molar-refractivity contribution in [2.24, 2.45) is 0 Å². The average Bonchev–Trinajstić information content (AvgIpc) is 2.60. The monoisotopic (exact) mass is 281 g/mol. The van der Waals surface area contributed by atoms with E-state index in [4.69, 9.17) is 0 Å². The Balaban J connectivity index is 1.95. The minimum atomic E-state index is 1.00. The topological polar surface area (TPSA) is 3.24 Å². The summed E-state index contributed by atoms with van der Waals surface area (Å²) in [5.41, 5.74) is 5.79. The first-order valence-electron chi connectivity index (χ1n) is 7.73. The van der Waals surface area contributed by atoms with Gasteiger partial charge in [0.15, 0.2) is 0 Å². The highest BCUT2D eigenvalue weighted by Gasteiger charge is 2.20. The normalized spacial score (nSPS) is 14.3. The predicted molar refractivity (Wildman–Crippen MR) is 89.6 cm³/mol. The number of quaternary nitrogens is 1. The van der Waals surface area contributed by atoms with Gasteiger partial charge in [-0.3, -0.25) is 0 Å². The Hall–Kier alpha value is -1.80. The minimum Gasteiger partial charge on any atom is -0.361 e. The fourth-order valence-electron chi connectivity index (χ4n) is 2.97. The van der Waals surface area contributed by atoms with E-state index in [0.29, 0.717) is 0 Å². The van der Waals surface area contributed by atoms with Gasteiger partial charge in [-0.2, -0.15) is 0 Å². The molecule has 0 spiro atoms. The molecule has 0 aromatic heterocycles. The number of para-hydroxylation sites is 1. The second-order valence-corrected chi connectivity index (χ2v) is 7.01. The molecule has 110 valence electrons. The van der Waals surface area contributed by atoms with Gasteiger partial charge in [-0.15, -0.1) is 0 Å². The van der Waals surface area contributed by atoms with Gasteiger partial charge in [0.2, 0.25) is 0 Å². The number of anilines is 1. The number of fused-ring (bicyclic) bond motifs is 2. The van der Waals surface area contributed by atoms with E-state index in [2.05, 4.69) is 74.6 Å². The molecule has 2 aromatic carbocycles. The van der Waals surface area contributed by atoms with Crippen molar-refractivity contribution in [2.75, 3.05) is 39.1 Å². The fourth-order valence-corrected chi connectivity index (χ4v) is 2.97. The second-order valence-electron chi connectivity index (χ2n) is 7.01. The van der Waals surface area contributed by atoms with Crippen LogP contribution in [-0.2, 0) is 13.0 Å². The van der Waals surface area contributed by atoms with Crippen LogP contribution in [0.15, 0.2) is 48.5 Å². The summed E-state index contributed by atoms with van der Waals surface area (Å²) < 4.78 is 1.00. The van der Waals surface area contributed by atoms with Crippen LogP contribution in [0.2, 0.25) is 0 Å². The van der Waals surface area contributed by atoms with Gasteiger partial charge in [0, 0.05) is 12.2 Å². The summed E-state index contributed by atoms with van der Waals surface area (Å²) in [6.45, 7) is 3.26. The van der Waals surface area contributed by atoms with Crippen molar-refractivity contribution in [1.29, 1.82) is 0 Å². The van der Waals surface area contributed by atoms with Gasteiger partial charge in [-0.1, -0.05) is 42.5 Å². The molecule has 0 radical (unpaired) electrons. The van der Waals surface area contributed by atoms with Gasteiger partial charge in [-0.25, -0.2) is 0 Å². The molecule has 1 heterocycles. The summed E-state index contributed by atoms with van der Waals surface area (Å²) in [4.78, 5) is 2.55. The van der Waals surface area contributed by atoms with Crippen LogP contribution in [0.4, 0.5) is 5.69 Å². The number of rotatable bonds is 3. The molecule has 21 heavy (non-hydrogen) atoms. The molecule has 2 nitrogen and oxygen atoms in total. The molecule has 0 fully saturated rings. The molecule has 0 atom stereocenters. The van der Waals surface area contributed by atoms with Crippen LogP contribution >= 0.6 is 0 Å². The molecule has 0 saturated heterocycles. The lowest BCUT2D eigenvalue weighted by atomic mass is 10.0. The van der Waals surface area contributed by atoms with Gasteiger partial charge in [0.05, 0.1) is 34.2 Å². The van der Waals surface area contributed by atoms with Crippen LogP contribution in [0.1, 0.15) is 16.7 Å². The zero-order chi connectivity index (χ0) is 14.9. The maximum Gasteiger partial charge on any atom is 0.0958 e. The van der Waals surface area contributed by atoms with Crippen molar-refractivity contribution >= 4 is 5.69 Å². The van der Waals surface area contributed by atoms with Gasteiger partial charge >= 0.3 is 0 Å². The Morgan fingerprint density at radius 3 is 2.19 bits per heavy atom. The van der Waals surface area contributed by atoms with Crippen molar-refractivity contribution in [2.45, 2.75) is 13.0 Å². The lowest BCUT2D eigenvalue weighted by Crippen LogP contribution is -2.42. The fraction of sp³-hybridized carbons (Fsp3) is 0.368. The standard InChI is InChI=1S/C19H25N2/c1-21(2,3)13-12-20-15-18-10-5-4-8-16(18)14-17-9-6-7-11-19(17)20/h4-11H,12-15H2,1-3H3/q+1. The number of hydrogen-bond donors (Lipinski definition) is 0. The average molecular weight is 281 g/mol. The van der Waals surface area contributed by atoms with Crippen molar-refractivity contribution in [3.63, 3.8) is 0 Å². The molecular weight excluding hydrogens is 256 g/mol. The van der Waals surface area contributed by atoms with Gasteiger partial charge in [0.1, 0.15) is 0 Å². The molecular formula is C19H25N2+. The number of hydrogen-bond acceptors (Lipinski definition) is 1. The first-order valence-corrected chi connectivity index (χ1v) is 7.73. The SMILES string of the molecule is C[N+](C)(C)CCN1Cc2ccccc2Cc2ccccc21. The quantitative estimate of drug-likeness (QED) is 0.780. The molecule has 2 aromatic rings. The lowest BCUT2D eigenvalue weighted by molar-refractivity contribution is -0.868. The van der Waals surface area contributed by atoms with Gasteiger partial charge < -0.3 is 9.38 Å². The van der Waals surface area contributed by atoms with Crippen molar-refractivity contribution in [3.05, 3.63) is 65.2 Å². The van der Waals surface area contributed by atoms with Crippen molar-refractivity contribution < 1.29 is 4.48 Å². The summed E-state index contributed by atoms with van der Waals surface area (Å²) in [5, 5.41) is 0. The molecule has 0 bridgehead atoms. The highest BCUT2D eigenvalue weighted by Crippen LogP contribution is 2.30. The van der Waals surface area contributed by atoms with Crippen LogP contribution in [0.3, 0.4) is 0 Å². The van der Waals surface area contributed by atoms with Gasteiger partial charge in [0.25, 0.3) is 0 Å². The van der Waals surface area contributed by atoms with E-state index in [1.54, 1.807) is 0 Å². The Bertz CT molecular complexity index is 625. The van der Waals surface area contributed by atoms with E-state index in [1.165, 1.54) is 22.4 Å². The molecule has 0 saturated carbocycles. The first-order chi connectivity index (χ1) is 10.0. The highest BCUT2D eigenvalue weighted by molar-refractivity contribution is 5.58. The maximum absolute atomic E-state index is 2.55. The number of nitrogens with zero attached hydrogens (tertiary/aromatic N) is 2. The summed E-state index contributed by atoms with van der Waals surface area (Å²) in [7, 11) is 6.78. The van der Waals surface area contributed by atoms with E-state index < -0.39 is 0 Å². The molecule has 1 aliphatic heterocycles. The third-order valence-electron chi connectivity index (χ3n) is 4.23. The third kappa shape index (κ3) is 3.27. The van der Waals surface area contributed by atoms with Crippen LogP contribution in [0, 0.1) is 0 Å². The molecule has 2 heteroatoms. The zero-order valence-electron chi connectivity index (χ0n) is 13.3. The molecule has 3 rings (SSSR count). The van der Waals surface area contributed by atoms with Crippen LogP contribution < -0.4 is 4.90 Å². The predicted octanol–water partition coefficient (Wildman–Crippen LogP) is 3.30.